The first-order valence-corrected chi connectivity index (χ1v) is 11.3. The zero-order chi connectivity index (χ0) is 23.9. The Bertz CT molecular complexity index is 1350. The molecule has 0 fully saturated rings. The molecular formula is C30H25F3O. The lowest BCUT2D eigenvalue weighted by molar-refractivity contribution is 0.195. The van der Waals surface area contributed by atoms with Crippen LogP contribution in [0.25, 0.3) is 10.8 Å². The van der Waals surface area contributed by atoms with Crippen molar-refractivity contribution < 1.29 is 17.9 Å². The van der Waals surface area contributed by atoms with Gasteiger partial charge in [-0.3, -0.25) is 0 Å². The molecule has 0 N–H and O–H groups in total. The fraction of sp³-hybridized carbons (Fsp3) is 0.200. The van der Waals surface area contributed by atoms with Crippen LogP contribution in [-0.2, 0) is 24.0 Å². The highest BCUT2D eigenvalue weighted by Gasteiger charge is 2.07. The summed E-state index contributed by atoms with van der Waals surface area (Å²) in [5.74, 6) is 3.63. The fourth-order valence-electron chi connectivity index (χ4n) is 3.88. The number of benzene rings is 4. The molecule has 34 heavy (non-hydrogen) atoms. The minimum absolute atomic E-state index is 0.196. The number of halogens is 3. The molecule has 172 valence electrons. The van der Waals surface area contributed by atoms with E-state index >= 15 is 0 Å². The predicted octanol–water partition coefficient (Wildman–Crippen LogP) is 7.02. The van der Waals surface area contributed by atoms with Crippen LogP contribution in [0, 0.1) is 29.3 Å². The van der Waals surface area contributed by atoms with E-state index in [1.807, 2.05) is 6.07 Å². The first-order valence-electron chi connectivity index (χ1n) is 11.3. The van der Waals surface area contributed by atoms with Crippen molar-refractivity contribution in [3.05, 3.63) is 118 Å². The maximum absolute atomic E-state index is 14.6. The first kappa shape index (κ1) is 23.6. The van der Waals surface area contributed by atoms with Crippen LogP contribution in [0.1, 0.15) is 34.2 Å². The average Bonchev–Trinajstić information content (AvgIpc) is 2.85. The maximum Gasteiger partial charge on any atom is 0.166 e. The van der Waals surface area contributed by atoms with E-state index in [1.165, 1.54) is 29.3 Å². The smallest absolute Gasteiger partial charge is 0.166 e. The van der Waals surface area contributed by atoms with Crippen LogP contribution in [0.4, 0.5) is 13.2 Å². The van der Waals surface area contributed by atoms with E-state index in [-0.39, 0.29) is 11.2 Å². The van der Waals surface area contributed by atoms with Crippen molar-refractivity contribution in [1.29, 1.82) is 0 Å². The number of methoxy groups -OCH3 is 1. The molecule has 0 saturated heterocycles. The Labute approximate surface area is 198 Å². The zero-order valence-electron chi connectivity index (χ0n) is 19.0. The van der Waals surface area contributed by atoms with Crippen LogP contribution in [0.15, 0.2) is 72.8 Å². The maximum atomic E-state index is 14.6. The van der Waals surface area contributed by atoms with Crippen LogP contribution in [0.2, 0.25) is 0 Å². The Balaban J connectivity index is 1.40. The second-order valence-corrected chi connectivity index (χ2v) is 8.27. The van der Waals surface area contributed by atoms with Gasteiger partial charge in [-0.25, -0.2) is 13.2 Å². The van der Waals surface area contributed by atoms with Gasteiger partial charge in [0.1, 0.15) is 5.82 Å². The summed E-state index contributed by atoms with van der Waals surface area (Å²) >= 11 is 0. The summed E-state index contributed by atoms with van der Waals surface area (Å²) in [5.41, 5.74) is 4.32. The molecule has 0 bridgehead atoms. The molecule has 4 aromatic rings. The van der Waals surface area contributed by atoms with Gasteiger partial charge in [-0.15, -0.1) is 0 Å². The standard InChI is InChI=1S/C30H25F3O/c1-34-18-2-3-21-4-6-22(7-5-21)8-9-24-11-14-25(29(32)20-24)13-10-23-12-16-27-26(19-23)15-17-28(31)30(27)33/h4-7,11-12,14-17,19-20H,2-3,8-9,18H2,1H3. The molecule has 0 aliphatic rings. The van der Waals surface area contributed by atoms with E-state index in [1.54, 1.807) is 25.3 Å². The van der Waals surface area contributed by atoms with Crippen LogP contribution in [-0.4, -0.2) is 13.7 Å². The molecule has 0 spiro atoms. The van der Waals surface area contributed by atoms with Gasteiger partial charge in [0.05, 0.1) is 5.56 Å². The molecule has 0 aromatic heterocycles. The Kier molecular flexibility index (Phi) is 7.67. The molecule has 0 amide bonds. The summed E-state index contributed by atoms with van der Waals surface area (Å²) in [5, 5.41) is 0.742. The second-order valence-electron chi connectivity index (χ2n) is 8.27. The van der Waals surface area contributed by atoms with Crippen molar-refractivity contribution in [2.24, 2.45) is 0 Å². The van der Waals surface area contributed by atoms with Gasteiger partial charge in [-0.05, 0) is 78.1 Å². The SMILES string of the molecule is COCCCc1ccc(CCc2ccc(C#Cc3ccc4c(F)c(F)ccc4c3)c(F)c2)cc1. The largest absolute Gasteiger partial charge is 0.385 e. The quantitative estimate of drug-likeness (QED) is 0.214. The third-order valence-corrected chi connectivity index (χ3v) is 5.82. The molecule has 0 radical (unpaired) electrons. The number of ether oxygens (including phenoxy) is 1. The van der Waals surface area contributed by atoms with E-state index in [9.17, 15) is 13.2 Å². The van der Waals surface area contributed by atoms with Gasteiger partial charge < -0.3 is 4.74 Å². The normalized spacial score (nSPS) is 10.8. The van der Waals surface area contributed by atoms with Crippen molar-refractivity contribution >= 4 is 10.8 Å². The Hall–Kier alpha value is -3.55. The second kappa shape index (κ2) is 11.0. The number of hydrogen-bond acceptors (Lipinski definition) is 1. The molecule has 0 unspecified atom stereocenters. The van der Waals surface area contributed by atoms with Gasteiger partial charge in [0.2, 0.25) is 0 Å². The van der Waals surface area contributed by atoms with Crippen LogP contribution in [0.5, 0.6) is 0 Å². The molecule has 0 aliphatic carbocycles. The summed E-state index contributed by atoms with van der Waals surface area (Å²) in [4.78, 5) is 0. The topological polar surface area (TPSA) is 9.23 Å². The number of rotatable bonds is 7. The lowest BCUT2D eigenvalue weighted by atomic mass is 10.0. The summed E-state index contributed by atoms with van der Waals surface area (Å²) < 4.78 is 46.9. The Morgan fingerprint density at radius 3 is 2.12 bits per heavy atom. The monoisotopic (exact) mass is 458 g/mol. The lowest BCUT2D eigenvalue weighted by Gasteiger charge is -2.06. The van der Waals surface area contributed by atoms with Gasteiger partial charge in [0, 0.05) is 24.7 Å². The zero-order valence-corrected chi connectivity index (χ0v) is 19.0. The van der Waals surface area contributed by atoms with Crippen molar-refractivity contribution in [2.75, 3.05) is 13.7 Å². The average molecular weight is 459 g/mol. The van der Waals surface area contributed by atoms with Crippen molar-refractivity contribution in [3.8, 4) is 11.8 Å². The molecule has 4 heteroatoms. The predicted molar refractivity (Wildman–Crippen MR) is 130 cm³/mol. The summed E-state index contributed by atoms with van der Waals surface area (Å²) in [6.45, 7) is 0.761. The van der Waals surface area contributed by atoms with Crippen molar-refractivity contribution in [2.45, 2.75) is 25.7 Å². The number of fused-ring (bicyclic) bond motifs is 1. The summed E-state index contributed by atoms with van der Waals surface area (Å²) in [7, 11) is 1.71. The molecule has 4 aromatic carbocycles. The Morgan fingerprint density at radius 1 is 0.676 bits per heavy atom. The third kappa shape index (κ3) is 5.87. The summed E-state index contributed by atoms with van der Waals surface area (Å²) in [6.07, 6.45) is 3.57. The highest BCUT2D eigenvalue weighted by Crippen LogP contribution is 2.21. The molecule has 0 atom stereocenters. The van der Waals surface area contributed by atoms with Gasteiger partial charge in [-0.1, -0.05) is 54.3 Å². The van der Waals surface area contributed by atoms with Crippen molar-refractivity contribution in [3.63, 3.8) is 0 Å². The third-order valence-electron chi connectivity index (χ3n) is 5.82. The molecule has 0 saturated carbocycles. The van der Waals surface area contributed by atoms with E-state index in [0.717, 1.165) is 43.9 Å². The molecule has 4 rings (SSSR count). The van der Waals surface area contributed by atoms with E-state index < -0.39 is 11.6 Å². The number of hydrogen-bond donors (Lipinski definition) is 0. The lowest BCUT2D eigenvalue weighted by Crippen LogP contribution is -1.95. The minimum Gasteiger partial charge on any atom is -0.385 e. The van der Waals surface area contributed by atoms with Crippen molar-refractivity contribution in [1.82, 2.24) is 0 Å². The molecule has 1 nitrogen and oxygen atoms in total. The van der Waals surface area contributed by atoms with Crippen LogP contribution in [0.3, 0.4) is 0 Å². The van der Waals surface area contributed by atoms with Gasteiger partial charge >= 0.3 is 0 Å². The molecule has 0 aliphatic heterocycles. The van der Waals surface area contributed by atoms with Crippen LogP contribution < -0.4 is 0 Å². The highest BCUT2D eigenvalue weighted by molar-refractivity contribution is 5.84. The van der Waals surface area contributed by atoms with Gasteiger partial charge in [-0.2, -0.15) is 0 Å². The van der Waals surface area contributed by atoms with Gasteiger partial charge in [0.15, 0.2) is 11.6 Å². The van der Waals surface area contributed by atoms with Gasteiger partial charge in [0.25, 0.3) is 0 Å². The minimum atomic E-state index is -0.886. The van der Waals surface area contributed by atoms with E-state index in [0.29, 0.717) is 16.5 Å². The van der Waals surface area contributed by atoms with E-state index in [2.05, 4.69) is 36.1 Å². The fourth-order valence-corrected chi connectivity index (χ4v) is 3.88. The van der Waals surface area contributed by atoms with E-state index in [4.69, 9.17) is 4.74 Å². The highest BCUT2D eigenvalue weighted by atomic mass is 19.2. The summed E-state index contributed by atoms with van der Waals surface area (Å²) in [6, 6.07) is 21.0. The number of aryl methyl sites for hydroxylation is 3. The first-order chi connectivity index (χ1) is 16.5. The Morgan fingerprint density at radius 2 is 1.38 bits per heavy atom. The molecule has 0 heterocycles. The van der Waals surface area contributed by atoms with Crippen LogP contribution >= 0.6 is 0 Å². The molecular weight excluding hydrogens is 433 g/mol.